The van der Waals surface area contributed by atoms with Crippen molar-refractivity contribution in [3.8, 4) is 0 Å². The van der Waals surface area contributed by atoms with Crippen LogP contribution in [0, 0.1) is 0 Å². The fraction of sp³-hybridized carbons (Fsp3) is 0.955. The lowest BCUT2D eigenvalue weighted by Crippen LogP contribution is -2.52. The van der Waals surface area contributed by atoms with Crippen molar-refractivity contribution >= 4 is 11.9 Å². The highest BCUT2D eigenvalue weighted by atomic mass is 16.6. The van der Waals surface area contributed by atoms with Crippen LogP contribution in [0.4, 0.5) is 0 Å². The third-order valence-corrected chi connectivity index (χ3v) is 10.7. The van der Waals surface area contributed by atoms with Gasteiger partial charge in [-0.3, -0.25) is 4.90 Å². The Morgan fingerprint density at radius 1 is 0.545 bits per heavy atom. The molecule has 1 atom stereocenters. The number of unbranched alkanes of at least 4 members (excludes halogenated alkanes) is 22. The van der Waals surface area contributed by atoms with Gasteiger partial charge in [-0.25, -0.2) is 9.59 Å². The van der Waals surface area contributed by atoms with Crippen LogP contribution < -0.4 is 0 Å². The molecule has 0 aromatic rings. The Morgan fingerprint density at radius 2 is 0.945 bits per heavy atom. The Bertz CT molecular complexity index is 871. The molecule has 0 saturated carbocycles. The summed E-state index contributed by atoms with van der Waals surface area (Å²) in [4.78, 5) is 26.4. The van der Waals surface area contributed by atoms with E-state index in [4.69, 9.17) is 9.47 Å². The van der Waals surface area contributed by atoms with Gasteiger partial charge in [0, 0.05) is 19.5 Å². The molecule has 0 aliphatic rings. The zero-order valence-electron chi connectivity index (χ0n) is 35.7. The van der Waals surface area contributed by atoms with Crippen molar-refractivity contribution in [2.45, 2.75) is 244 Å². The van der Waals surface area contributed by atoms with E-state index in [1.54, 1.807) is 0 Å². The molecule has 11 nitrogen and oxygen atoms in total. The molecule has 0 radical (unpaired) electrons. The van der Waals surface area contributed by atoms with Gasteiger partial charge in [0.2, 0.25) is 5.91 Å². The number of carbonyl (C=O) groups is 2. The van der Waals surface area contributed by atoms with E-state index in [0.29, 0.717) is 38.5 Å². The Kier molecular flexibility index (Phi) is 34.9. The fourth-order valence-electron chi connectivity index (χ4n) is 6.96. The van der Waals surface area contributed by atoms with E-state index in [-0.39, 0.29) is 38.6 Å². The molecule has 0 fully saturated rings. The maximum absolute atomic E-state index is 12.8. The standard InChI is InChI=1S/C44H87NO10/c1-4-7-10-13-16-17-18-23-30-37-54-42(49)43(50,51)34-27-29-36-45(44(52,53)38-46)35-28-22-21-26-33-40(47)41(48)55-39(31-24-19-14-11-8-5-2)32-25-20-15-12-9-6-3/h39-40,46-47,50-53H,4-38H2,1-3H3. The molecule has 11 heteroatoms. The average Bonchev–Trinajstić information content (AvgIpc) is 3.16. The molecule has 0 spiro atoms. The van der Waals surface area contributed by atoms with Gasteiger partial charge < -0.3 is 40.1 Å². The molecule has 328 valence electrons. The summed E-state index contributed by atoms with van der Waals surface area (Å²) in [7, 11) is 0. The third kappa shape index (κ3) is 30.4. The maximum atomic E-state index is 12.8. The third-order valence-electron chi connectivity index (χ3n) is 10.7. The summed E-state index contributed by atoms with van der Waals surface area (Å²) in [6, 6.07) is 0. The van der Waals surface area contributed by atoms with Crippen LogP contribution in [-0.2, 0) is 19.1 Å². The van der Waals surface area contributed by atoms with Crippen molar-refractivity contribution in [2.24, 2.45) is 0 Å². The highest BCUT2D eigenvalue weighted by molar-refractivity contribution is 5.77. The smallest absolute Gasteiger partial charge is 0.366 e. The molecule has 55 heavy (non-hydrogen) atoms. The number of ether oxygens (including phenoxy) is 2. The molecule has 0 rings (SSSR count). The van der Waals surface area contributed by atoms with Crippen LogP contribution in [0.25, 0.3) is 0 Å². The van der Waals surface area contributed by atoms with E-state index in [1.165, 1.54) is 88.4 Å². The van der Waals surface area contributed by atoms with E-state index in [0.717, 1.165) is 64.2 Å². The van der Waals surface area contributed by atoms with Gasteiger partial charge in [0.1, 0.15) is 12.7 Å². The molecule has 0 aliphatic carbocycles. The second kappa shape index (κ2) is 35.8. The number of aliphatic hydroxyl groups excluding tert-OH is 2. The second-order valence-corrected chi connectivity index (χ2v) is 16.0. The first-order chi connectivity index (χ1) is 26.4. The van der Waals surface area contributed by atoms with Crippen molar-refractivity contribution in [1.82, 2.24) is 4.90 Å². The van der Waals surface area contributed by atoms with Crippen molar-refractivity contribution in [3.05, 3.63) is 0 Å². The van der Waals surface area contributed by atoms with Gasteiger partial charge in [0.25, 0.3) is 5.79 Å². The number of aliphatic hydroxyl groups is 6. The zero-order chi connectivity index (χ0) is 41.0. The van der Waals surface area contributed by atoms with Gasteiger partial charge >= 0.3 is 11.9 Å². The van der Waals surface area contributed by atoms with Gasteiger partial charge in [-0.2, -0.15) is 0 Å². The molecular formula is C44H87NO10. The fourth-order valence-corrected chi connectivity index (χ4v) is 6.96. The van der Waals surface area contributed by atoms with Gasteiger partial charge in [-0.05, 0) is 57.8 Å². The molecular weight excluding hydrogens is 702 g/mol. The highest BCUT2D eigenvalue weighted by Crippen LogP contribution is 2.20. The first-order valence-corrected chi connectivity index (χ1v) is 22.8. The minimum absolute atomic E-state index is 0.140. The normalized spacial score (nSPS) is 12.9. The number of nitrogens with zero attached hydrogens (tertiary/aromatic N) is 1. The van der Waals surface area contributed by atoms with Crippen molar-refractivity contribution in [1.29, 1.82) is 0 Å². The van der Waals surface area contributed by atoms with Gasteiger partial charge in [-0.1, -0.05) is 156 Å². The summed E-state index contributed by atoms with van der Waals surface area (Å²) in [6.07, 6.45) is 27.8. The minimum atomic E-state index is -2.61. The second-order valence-electron chi connectivity index (χ2n) is 16.0. The number of hydrogen-bond acceptors (Lipinski definition) is 11. The Balaban J connectivity index is 4.48. The Labute approximate surface area is 336 Å². The van der Waals surface area contributed by atoms with Crippen LogP contribution >= 0.6 is 0 Å². The molecule has 0 aromatic carbocycles. The summed E-state index contributed by atoms with van der Waals surface area (Å²) in [5.74, 6) is -6.66. The van der Waals surface area contributed by atoms with Crippen molar-refractivity contribution in [3.63, 3.8) is 0 Å². The number of hydrogen-bond donors (Lipinski definition) is 6. The average molecular weight is 790 g/mol. The SMILES string of the molecule is CCCCCCCCCCCOC(=O)C(O)(O)CCCCN(CCCCCCC(O)C(=O)OC(CCCCCCCC)CCCCCCCC)C(O)(O)CO. The van der Waals surface area contributed by atoms with E-state index < -0.39 is 36.3 Å². The predicted molar refractivity (Wildman–Crippen MR) is 220 cm³/mol. The molecule has 0 aliphatic heterocycles. The molecule has 0 heterocycles. The molecule has 0 amide bonds. The lowest BCUT2D eigenvalue weighted by molar-refractivity contribution is -0.282. The topological polar surface area (TPSA) is 177 Å². The lowest BCUT2D eigenvalue weighted by Gasteiger charge is -2.34. The predicted octanol–water partition coefficient (Wildman–Crippen LogP) is 8.57. The largest absolute Gasteiger partial charge is 0.462 e. The van der Waals surface area contributed by atoms with Crippen LogP contribution in [0.2, 0.25) is 0 Å². The quantitative estimate of drug-likeness (QED) is 0.0199. The molecule has 0 saturated heterocycles. The monoisotopic (exact) mass is 790 g/mol. The summed E-state index contributed by atoms with van der Waals surface area (Å²) in [5, 5.41) is 61.3. The Morgan fingerprint density at radius 3 is 1.42 bits per heavy atom. The van der Waals surface area contributed by atoms with Crippen molar-refractivity contribution < 1.29 is 49.7 Å². The van der Waals surface area contributed by atoms with Crippen LogP contribution in [0.15, 0.2) is 0 Å². The molecule has 0 bridgehead atoms. The van der Waals surface area contributed by atoms with E-state index in [1.807, 2.05) is 0 Å². The first-order valence-electron chi connectivity index (χ1n) is 22.8. The zero-order valence-corrected chi connectivity index (χ0v) is 35.7. The van der Waals surface area contributed by atoms with Gasteiger partial charge in [-0.15, -0.1) is 0 Å². The number of esters is 2. The lowest BCUT2D eigenvalue weighted by atomic mass is 10.0. The van der Waals surface area contributed by atoms with Crippen molar-refractivity contribution in [2.75, 3.05) is 26.3 Å². The number of carbonyl (C=O) groups excluding carboxylic acids is 2. The minimum Gasteiger partial charge on any atom is -0.462 e. The molecule has 0 aromatic heterocycles. The summed E-state index contributed by atoms with van der Waals surface area (Å²) >= 11 is 0. The van der Waals surface area contributed by atoms with Gasteiger partial charge in [0.05, 0.1) is 6.61 Å². The summed E-state index contributed by atoms with van der Waals surface area (Å²) in [6.45, 7) is 6.28. The van der Waals surface area contributed by atoms with Crippen LogP contribution in [0.3, 0.4) is 0 Å². The van der Waals surface area contributed by atoms with E-state index in [9.17, 15) is 40.2 Å². The van der Waals surface area contributed by atoms with Crippen LogP contribution in [0.1, 0.15) is 220 Å². The summed E-state index contributed by atoms with van der Waals surface area (Å²) in [5.41, 5.74) is 0. The summed E-state index contributed by atoms with van der Waals surface area (Å²) < 4.78 is 10.9. The molecule has 6 N–H and O–H groups in total. The van der Waals surface area contributed by atoms with Crippen LogP contribution in [-0.4, -0.2) is 97.7 Å². The van der Waals surface area contributed by atoms with Gasteiger partial charge in [0.15, 0.2) is 6.10 Å². The van der Waals surface area contributed by atoms with E-state index >= 15 is 0 Å². The van der Waals surface area contributed by atoms with E-state index in [2.05, 4.69) is 20.8 Å². The number of rotatable bonds is 41. The Hall–Kier alpha value is -1.34. The molecule has 1 unspecified atom stereocenters. The first kappa shape index (κ1) is 53.7. The maximum Gasteiger partial charge on any atom is 0.366 e. The van der Waals surface area contributed by atoms with Crippen LogP contribution in [0.5, 0.6) is 0 Å². The highest BCUT2D eigenvalue weighted by Gasteiger charge is 2.35.